The van der Waals surface area contributed by atoms with Crippen LogP contribution >= 0.6 is 0 Å². The summed E-state index contributed by atoms with van der Waals surface area (Å²) in [6.07, 6.45) is 0.716. The molecule has 5 rings (SSSR count). The van der Waals surface area contributed by atoms with Gasteiger partial charge in [0.1, 0.15) is 11.9 Å². The maximum atomic E-state index is 13.6. The van der Waals surface area contributed by atoms with Crippen LogP contribution in [0.3, 0.4) is 0 Å². The molecule has 0 radical (unpaired) electrons. The molecule has 3 heterocycles. The first kappa shape index (κ1) is 25.1. The van der Waals surface area contributed by atoms with Crippen LogP contribution in [0.5, 0.6) is 0 Å². The number of anilines is 1. The highest BCUT2D eigenvalue weighted by atomic mass is 19.4. The zero-order chi connectivity index (χ0) is 26.0. The number of alkyl halides is 3. The fraction of sp³-hybridized carbons (Fsp3) is 0.379. The number of hydrogen-bond donors (Lipinski definition) is 1. The standard InChI is InChI=1S/C29H32F3N5/c1-20(21-10-5-3-6-11-21)34-25-19-23(14-15-33-25)27-26(22-12-9-13-24(18-22)29(30,31)32)35-28(36(27)2)37-16-7-4-8-17-37/h3,5-6,9-15,18-20,26-27H,4,7-8,16-17H2,1-2H3,(H,33,34)/t20-,26?,27?/m0/s1. The van der Waals surface area contributed by atoms with E-state index in [1.165, 1.54) is 18.6 Å². The number of aliphatic imine (C=N–C) groups is 1. The van der Waals surface area contributed by atoms with Gasteiger partial charge in [-0.05, 0) is 67.1 Å². The van der Waals surface area contributed by atoms with Gasteiger partial charge in [-0.15, -0.1) is 0 Å². The SMILES string of the molecule is C[C@H](Nc1cc(C2C(c3cccc(C(F)(F)F)c3)N=C(N3CCCCC3)N2C)ccn1)c1ccccc1. The number of likely N-dealkylation sites (tertiary alicyclic amines) is 1. The van der Waals surface area contributed by atoms with Crippen molar-refractivity contribution in [3.05, 3.63) is 95.2 Å². The molecule has 2 aliphatic rings. The Balaban J connectivity index is 1.49. The number of hydrogen-bond acceptors (Lipinski definition) is 5. The number of aromatic nitrogens is 1. The molecule has 1 aromatic heterocycles. The number of pyridine rings is 1. The fourth-order valence-corrected chi connectivity index (χ4v) is 5.34. The second-order valence-electron chi connectivity index (χ2n) is 9.85. The maximum Gasteiger partial charge on any atom is 0.416 e. The molecule has 3 atom stereocenters. The summed E-state index contributed by atoms with van der Waals surface area (Å²) in [5.74, 6) is 1.56. The molecule has 8 heteroatoms. The molecule has 0 aliphatic carbocycles. The number of likely N-dealkylation sites (N-methyl/N-ethyl adjacent to an activating group) is 1. The first-order chi connectivity index (χ1) is 17.8. The minimum atomic E-state index is -4.41. The second kappa shape index (κ2) is 10.4. The van der Waals surface area contributed by atoms with Gasteiger partial charge in [0.25, 0.3) is 0 Å². The molecule has 2 aromatic carbocycles. The first-order valence-electron chi connectivity index (χ1n) is 12.8. The Morgan fingerprint density at radius 3 is 2.41 bits per heavy atom. The summed E-state index contributed by atoms with van der Waals surface area (Å²) in [4.78, 5) is 14.0. The molecule has 0 spiro atoms. The molecule has 2 unspecified atom stereocenters. The number of benzene rings is 2. The van der Waals surface area contributed by atoms with Crippen molar-refractivity contribution in [3.8, 4) is 0 Å². The smallest absolute Gasteiger partial charge is 0.364 e. The van der Waals surface area contributed by atoms with Crippen LogP contribution < -0.4 is 5.32 Å². The normalized spacial score (nSPS) is 21.1. The molecule has 37 heavy (non-hydrogen) atoms. The summed E-state index contributed by atoms with van der Waals surface area (Å²) in [5.41, 5.74) is 2.01. The lowest BCUT2D eigenvalue weighted by molar-refractivity contribution is -0.137. The van der Waals surface area contributed by atoms with Gasteiger partial charge in [-0.25, -0.2) is 9.98 Å². The van der Waals surface area contributed by atoms with E-state index in [1.54, 1.807) is 12.3 Å². The summed E-state index contributed by atoms with van der Waals surface area (Å²) in [7, 11) is 1.99. The summed E-state index contributed by atoms with van der Waals surface area (Å²) in [5, 5.41) is 3.47. The summed E-state index contributed by atoms with van der Waals surface area (Å²) >= 11 is 0. The summed E-state index contributed by atoms with van der Waals surface area (Å²) in [6, 6.07) is 19.0. The molecule has 2 aliphatic heterocycles. The van der Waals surface area contributed by atoms with Crippen LogP contribution in [-0.4, -0.2) is 40.9 Å². The lowest BCUT2D eigenvalue weighted by Gasteiger charge is -2.34. The second-order valence-corrected chi connectivity index (χ2v) is 9.85. The predicted octanol–water partition coefficient (Wildman–Crippen LogP) is 6.84. The topological polar surface area (TPSA) is 43.8 Å². The third-order valence-electron chi connectivity index (χ3n) is 7.27. The van der Waals surface area contributed by atoms with Gasteiger partial charge in [0.05, 0.1) is 11.6 Å². The predicted molar refractivity (Wildman–Crippen MR) is 140 cm³/mol. The van der Waals surface area contributed by atoms with Gasteiger partial charge in [0.2, 0.25) is 0 Å². The van der Waals surface area contributed by atoms with Gasteiger partial charge in [0.15, 0.2) is 5.96 Å². The lowest BCUT2D eigenvalue weighted by Crippen LogP contribution is -2.43. The van der Waals surface area contributed by atoms with Gasteiger partial charge < -0.3 is 15.1 Å². The van der Waals surface area contributed by atoms with E-state index in [4.69, 9.17) is 4.99 Å². The van der Waals surface area contributed by atoms with E-state index in [2.05, 4.69) is 39.2 Å². The number of rotatable bonds is 5. The quantitative estimate of drug-likeness (QED) is 0.411. The zero-order valence-corrected chi connectivity index (χ0v) is 21.1. The Hall–Kier alpha value is -3.55. The molecule has 5 nitrogen and oxygen atoms in total. The van der Waals surface area contributed by atoms with Gasteiger partial charge in [-0.2, -0.15) is 13.2 Å². The molecule has 1 N–H and O–H groups in total. The van der Waals surface area contributed by atoms with Crippen LogP contribution in [0.25, 0.3) is 0 Å². The number of piperidine rings is 1. The Bertz CT molecular complexity index is 1240. The maximum absolute atomic E-state index is 13.6. The third-order valence-corrected chi connectivity index (χ3v) is 7.27. The highest BCUT2D eigenvalue weighted by Crippen LogP contribution is 2.44. The van der Waals surface area contributed by atoms with E-state index < -0.39 is 17.8 Å². The van der Waals surface area contributed by atoms with E-state index >= 15 is 0 Å². The van der Waals surface area contributed by atoms with Crippen LogP contribution in [0.15, 0.2) is 77.9 Å². The Kier molecular flexibility index (Phi) is 7.09. The number of nitrogens with zero attached hydrogens (tertiary/aromatic N) is 4. The Labute approximate surface area is 216 Å². The average molecular weight is 508 g/mol. The van der Waals surface area contributed by atoms with Crippen molar-refractivity contribution in [1.82, 2.24) is 14.8 Å². The number of halogens is 3. The van der Waals surface area contributed by atoms with Gasteiger partial charge >= 0.3 is 6.18 Å². The largest absolute Gasteiger partial charge is 0.416 e. The van der Waals surface area contributed by atoms with E-state index in [0.29, 0.717) is 5.56 Å². The van der Waals surface area contributed by atoms with Crippen LogP contribution in [0, 0.1) is 0 Å². The van der Waals surface area contributed by atoms with Crippen LogP contribution in [0.1, 0.15) is 66.6 Å². The van der Waals surface area contributed by atoms with E-state index in [9.17, 15) is 13.2 Å². The van der Waals surface area contributed by atoms with E-state index in [-0.39, 0.29) is 12.1 Å². The third kappa shape index (κ3) is 5.43. The number of guanidine groups is 1. The Morgan fingerprint density at radius 1 is 0.919 bits per heavy atom. The van der Waals surface area contributed by atoms with Crippen LogP contribution in [0.4, 0.5) is 19.0 Å². The highest BCUT2D eigenvalue weighted by Gasteiger charge is 2.40. The van der Waals surface area contributed by atoms with Crippen molar-refractivity contribution in [2.75, 3.05) is 25.5 Å². The van der Waals surface area contributed by atoms with Gasteiger partial charge in [-0.1, -0.05) is 42.5 Å². The minimum absolute atomic E-state index is 0.0460. The van der Waals surface area contributed by atoms with Crippen molar-refractivity contribution in [2.45, 2.75) is 50.5 Å². The summed E-state index contributed by atoms with van der Waals surface area (Å²) < 4.78 is 40.7. The number of nitrogens with one attached hydrogen (secondary N) is 1. The molecular weight excluding hydrogens is 475 g/mol. The zero-order valence-electron chi connectivity index (χ0n) is 21.1. The Morgan fingerprint density at radius 2 is 1.68 bits per heavy atom. The lowest BCUT2D eigenvalue weighted by atomic mass is 9.93. The van der Waals surface area contributed by atoms with Crippen molar-refractivity contribution in [2.24, 2.45) is 4.99 Å². The molecule has 194 valence electrons. The van der Waals surface area contributed by atoms with Crippen molar-refractivity contribution in [1.29, 1.82) is 0 Å². The van der Waals surface area contributed by atoms with Gasteiger partial charge in [-0.3, -0.25) is 0 Å². The van der Waals surface area contributed by atoms with Crippen LogP contribution in [-0.2, 0) is 6.18 Å². The molecule has 0 bridgehead atoms. The van der Waals surface area contributed by atoms with Crippen LogP contribution in [0.2, 0.25) is 0 Å². The molecule has 0 amide bonds. The van der Waals surface area contributed by atoms with Gasteiger partial charge in [0, 0.05) is 32.4 Å². The molecule has 1 saturated heterocycles. The van der Waals surface area contributed by atoms with E-state index in [0.717, 1.165) is 54.9 Å². The monoisotopic (exact) mass is 507 g/mol. The average Bonchev–Trinajstić information content (AvgIpc) is 3.26. The van der Waals surface area contributed by atoms with Crippen molar-refractivity contribution in [3.63, 3.8) is 0 Å². The minimum Gasteiger partial charge on any atom is -0.364 e. The highest BCUT2D eigenvalue weighted by molar-refractivity contribution is 5.83. The molecule has 3 aromatic rings. The molecule has 1 fully saturated rings. The summed E-state index contributed by atoms with van der Waals surface area (Å²) in [6.45, 7) is 3.89. The van der Waals surface area contributed by atoms with Crippen molar-refractivity contribution < 1.29 is 13.2 Å². The van der Waals surface area contributed by atoms with E-state index in [1.807, 2.05) is 37.4 Å². The molecule has 0 saturated carbocycles. The van der Waals surface area contributed by atoms with Crippen molar-refractivity contribution >= 4 is 11.8 Å². The molecular formula is C29H32F3N5. The first-order valence-corrected chi connectivity index (χ1v) is 12.8. The fourth-order valence-electron chi connectivity index (χ4n) is 5.34.